The molecule has 2 aliphatic rings. The first-order valence-electron chi connectivity index (χ1n) is 7.57. The maximum atomic E-state index is 11.1. The topological polar surface area (TPSA) is 52.3 Å². The molecule has 2 saturated carbocycles. The van der Waals surface area contributed by atoms with Crippen molar-refractivity contribution in [2.24, 2.45) is 5.73 Å². The van der Waals surface area contributed by atoms with Gasteiger partial charge in [0.1, 0.15) is 6.10 Å². The average Bonchev–Trinajstić information content (AvgIpc) is 3.20. The fourth-order valence-corrected chi connectivity index (χ4v) is 3.88. The van der Waals surface area contributed by atoms with Gasteiger partial charge in [-0.2, -0.15) is 0 Å². The number of hydrogen-bond donors (Lipinski definition) is 1. The maximum absolute atomic E-state index is 11.1. The molecule has 3 rings (SSSR count). The summed E-state index contributed by atoms with van der Waals surface area (Å²) >= 11 is 0. The van der Waals surface area contributed by atoms with Crippen LogP contribution in [0.1, 0.15) is 51.0 Å². The predicted molar refractivity (Wildman–Crippen MR) is 78.3 cm³/mol. The Bertz CT molecular complexity index is 485. The van der Waals surface area contributed by atoms with Crippen LogP contribution in [0.4, 0.5) is 0 Å². The van der Waals surface area contributed by atoms with Crippen molar-refractivity contribution in [3.63, 3.8) is 0 Å². The number of carbonyl (C=O) groups is 1. The van der Waals surface area contributed by atoms with E-state index in [4.69, 9.17) is 10.5 Å². The Morgan fingerprint density at radius 1 is 1.15 bits per heavy atom. The van der Waals surface area contributed by atoms with Crippen molar-refractivity contribution < 1.29 is 9.53 Å². The lowest BCUT2D eigenvalue weighted by Gasteiger charge is -2.45. The van der Waals surface area contributed by atoms with Gasteiger partial charge in [-0.15, -0.1) is 0 Å². The summed E-state index contributed by atoms with van der Waals surface area (Å²) in [7, 11) is 0. The van der Waals surface area contributed by atoms with Crippen LogP contribution in [-0.4, -0.2) is 17.6 Å². The molecule has 0 aliphatic heterocycles. The van der Waals surface area contributed by atoms with Crippen molar-refractivity contribution in [1.82, 2.24) is 0 Å². The number of esters is 1. The van der Waals surface area contributed by atoms with E-state index in [1.807, 2.05) is 0 Å². The number of rotatable bonds is 3. The standard InChI is InChI=1S/C17H23NO2/c1-13(19)20-15-7-9-16(10-8-15,17(18)11-12-17)14-5-3-2-4-6-14/h2-6,15H,7-12,18H2,1H3/t15-,16-. The van der Waals surface area contributed by atoms with E-state index in [1.54, 1.807) is 0 Å². The van der Waals surface area contributed by atoms with E-state index in [0.717, 1.165) is 38.5 Å². The van der Waals surface area contributed by atoms with Crippen LogP contribution in [0.3, 0.4) is 0 Å². The van der Waals surface area contributed by atoms with E-state index in [2.05, 4.69) is 30.3 Å². The molecule has 3 heteroatoms. The molecule has 0 amide bonds. The third-order valence-electron chi connectivity index (χ3n) is 5.19. The molecule has 1 aromatic rings. The first kappa shape index (κ1) is 13.6. The van der Waals surface area contributed by atoms with E-state index in [9.17, 15) is 4.79 Å². The Labute approximate surface area is 120 Å². The Morgan fingerprint density at radius 3 is 2.25 bits per heavy atom. The van der Waals surface area contributed by atoms with Crippen LogP contribution in [0.15, 0.2) is 30.3 Å². The molecule has 0 aromatic heterocycles. The van der Waals surface area contributed by atoms with Gasteiger partial charge in [0.25, 0.3) is 0 Å². The minimum Gasteiger partial charge on any atom is -0.463 e. The summed E-state index contributed by atoms with van der Waals surface area (Å²) in [6, 6.07) is 10.7. The highest BCUT2D eigenvalue weighted by Crippen LogP contribution is 2.56. The summed E-state index contributed by atoms with van der Waals surface area (Å²) in [5, 5.41) is 0. The lowest BCUT2D eigenvalue weighted by atomic mass is 9.63. The van der Waals surface area contributed by atoms with Gasteiger partial charge in [-0.1, -0.05) is 30.3 Å². The molecular formula is C17H23NO2. The van der Waals surface area contributed by atoms with Crippen LogP contribution in [0.25, 0.3) is 0 Å². The molecule has 0 atom stereocenters. The van der Waals surface area contributed by atoms with E-state index in [1.165, 1.54) is 12.5 Å². The average molecular weight is 273 g/mol. The summed E-state index contributed by atoms with van der Waals surface area (Å²) in [5.74, 6) is -0.170. The van der Waals surface area contributed by atoms with Crippen LogP contribution < -0.4 is 5.73 Å². The molecule has 0 spiro atoms. The zero-order valence-corrected chi connectivity index (χ0v) is 12.1. The summed E-state index contributed by atoms with van der Waals surface area (Å²) in [6.07, 6.45) is 6.18. The van der Waals surface area contributed by atoms with Crippen molar-refractivity contribution in [3.05, 3.63) is 35.9 Å². The second-order valence-corrected chi connectivity index (χ2v) is 6.41. The lowest BCUT2D eigenvalue weighted by Crippen LogP contribution is -2.51. The molecule has 0 unspecified atom stereocenters. The fraction of sp³-hybridized carbons (Fsp3) is 0.588. The fourth-order valence-electron chi connectivity index (χ4n) is 3.88. The van der Waals surface area contributed by atoms with E-state index in [0.29, 0.717) is 0 Å². The monoisotopic (exact) mass is 273 g/mol. The zero-order chi connectivity index (χ0) is 14.2. The molecule has 0 heterocycles. The predicted octanol–water partition coefficient (Wildman–Crippen LogP) is 2.92. The van der Waals surface area contributed by atoms with Gasteiger partial charge in [0, 0.05) is 17.9 Å². The second-order valence-electron chi connectivity index (χ2n) is 6.41. The number of nitrogens with two attached hydrogens (primary N) is 1. The van der Waals surface area contributed by atoms with Crippen molar-refractivity contribution in [3.8, 4) is 0 Å². The highest BCUT2D eigenvalue weighted by Gasteiger charge is 2.58. The minimum absolute atomic E-state index is 0.0461. The smallest absolute Gasteiger partial charge is 0.302 e. The van der Waals surface area contributed by atoms with Gasteiger partial charge < -0.3 is 10.5 Å². The van der Waals surface area contributed by atoms with Crippen LogP contribution in [-0.2, 0) is 14.9 Å². The first-order chi connectivity index (χ1) is 9.56. The molecular weight excluding hydrogens is 250 g/mol. The highest BCUT2D eigenvalue weighted by atomic mass is 16.5. The van der Waals surface area contributed by atoms with Crippen LogP contribution in [0, 0.1) is 0 Å². The van der Waals surface area contributed by atoms with Crippen LogP contribution >= 0.6 is 0 Å². The Hall–Kier alpha value is -1.35. The molecule has 0 bridgehead atoms. The minimum atomic E-state index is -0.170. The first-order valence-corrected chi connectivity index (χ1v) is 7.57. The van der Waals surface area contributed by atoms with Gasteiger partial charge in [0.2, 0.25) is 0 Å². The van der Waals surface area contributed by atoms with Gasteiger partial charge >= 0.3 is 5.97 Å². The summed E-state index contributed by atoms with van der Waals surface area (Å²) in [4.78, 5) is 11.1. The van der Waals surface area contributed by atoms with Gasteiger partial charge in [-0.05, 0) is 44.1 Å². The van der Waals surface area contributed by atoms with Crippen molar-refractivity contribution >= 4 is 5.97 Å². The van der Waals surface area contributed by atoms with Crippen LogP contribution in [0.5, 0.6) is 0 Å². The third kappa shape index (κ3) is 2.24. The molecule has 2 fully saturated rings. The van der Waals surface area contributed by atoms with Crippen molar-refractivity contribution in [1.29, 1.82) is 0 Å². The van der Waals surface area contributed by atoms with Gasteiger partial charge in [-0.3, -0.25) is 4.79 Å². The highest BCUT2D eigenvalue weighted by molar-refractivity contribution is 5.66. The quantitative estimate of drug-likeness (QED) is 0.861. The van der Waals surface area contributed by atoms with E-state index < -0.39 is 0 Å². The molecule has 108 valence electrons. The molecule has 0 radical (unpaired) electrons. The van der Waals surface area contributed by atoms with E-state index >= 15 is 0 Å². The van der Waals surface area contributed by atoms with Gasteiger partial charge in [-0.25, -0.2) is 0 Å². The SMILES string of the molecule is CC(=O)O[C@H]1CC[C@](c2ccccc2)(C2(N)CC2)CC1. The lowest BCUT2D eigenvalue weighted by molar-refractivity contribution is -0.148. The van der Waals surface area contributed by atoms with Gasteiger partial charge in [0.15, 0.2) is 0 Å². The summed E-state index contributed by atoms with van der Waals surface area (Å²) < 4.78 is 5.37. The van der Waals surface area contributed by atoms with Crippen LogP contribution in [0.2, 0.25) is 0 Å². The molecule has 20 heavy (non-hydrogen) atoms. The Balaban J connectivity index is 1.82. The third-order valence-corrected chi connectivity index (χ3v) is 5.19. The number of benzene rings is 1. The summed E-state index contributed by atoms with van der Waals surface area (Å²) in [5.41, 5.74) is 8.02. The molecule has 0 saturated heterocycles. The maximum Gasteiger partial charge on any atom is 0.302 e. The van der Waals surface area contributed by atoms with E-state index in [-0.39, 0.29) is 23.0 Å². The molecule has 1 aromatic carbocycles. The molecule has 2 aliphatic carbocycles. The largest absolute Gasteiger partial charge is 0.463 e. The second kappa shape index (κ2) is 4.88. The Morgan fingerprint density at radius 2 is 1.75 bits per heavy atom. The van der Waals surface area contributed by atoms with Crippen molar-refractivity contribution in [2.75, 3.05) is 0 Å². The number of hydrogen-bond acceptors (Lipinski definition) is 3. The van der Waals surface area contributed by atoms with Crippen molar-refractivity contribution in [2.45, 2.75) is 62.5 Å². The molecule has 2 N–H and O–H groups in total. The van der Waals surface area contributed by atoms with Gasteiger partial charge in [0.05, 0.1) is 0 Å². The normalized spacial score (nSPS) is 31.6. The summed E-state index contributed by atoms with van der Waals surface area (Å²) in [6.45, 7) is 1.49. The molecule has 3 nitrogen and oxygen atoms in total. The Kier molecular flexibility index (Phi) is 3.33. The number of carbonyl (C=O) groups excluding carboxylic acids is 1. The number of ether oxygens (including phenoxy) is 1. The zero-order valence-electron chi connectivity index (χ0n) is 12.1.